The quantitative estimate of drug-likeness (QED) is 0.0592. The maximum absolute atomic E-state index is 14.5. The Hall–Kier alpha value is -3.43. The van der Waals surface area contributed by atoms with E-state index in [0.717, 1.165) is 5.56 Å². The van der Waals surface area contributed by atoms with Crippen LogP contribution in [0.15, 0.2) is 52.3 Å². The van der Waals surface area contributed by atoms with Crippen LogP contribution in [0.4, 0.5) is 5.69 Å². The van der Waals surface area contributed by atoms with Gasteiger partial charge in [0.25, 0.3) is 5.69 Å². The third-order valence-electron chi connectivity index (χ3n) is 11.1. The van der Waals surface area contributed by atoms with Crippen molar-refractivity contribution >= 4 is 24.1 Å². The zero-order valence-electron chi connectivity index (χ0n) is 35.7. The van der Waals surface area contributed by atoms with Crippen molar-refractivity contribution in [2.24, 2.45) is 5.92 Å². The number of nitro groups is 1. The molecule has 4 atom stereocenters. The van der Waals surface area contributed by atoms with Crippen LogP contribution in [0, 0.1) is 16.0 Å². The van der Waals surface area contributed by atoms with E-state index in [9.17, 15) is 23.3 Å². The summed E-state index contributed by atoms with van der Waals surface area (Å²) in [5.41, 5.74) is 1.91. The fourth-order valence-corrected chi connectivity index (χ4v) is 9.78. The highest BCUT2D eigenvalue weighted by Crippen LogP contribution is 2.42. The van der Waals surface area contributed by atoms with Gasteiger partial charge in [0.1, 0.15) is 11.1 Å². The molecular formula is C42H63N3O9SSi. The molecule has 310 valence electrons. The van der Waals surface area contributed by atoms with Gasteiger partial charge in [-0.2, -0.15) is 13.4 Å². The molecule has 1 unspecified atom stereocenters. The minimum Gasteiger partial charge on any atom is -0.411 e. The Bertz CT molecular complexity index is 2010. The number of hydrogen-bond donors (Lipinski definition) is 0. The lowest BCUT2D eigenvalue weighted by Gasteiger charge is -2.39. The molecule has 0 amide bonds. The zero-order chi connectivity index (χ0) is 42.1. The Kier molecular flexibility index (Phi) is 14.2. The average Bonchev–Trinajstić information content (AvgIpc) is 3.49. The summed E-state index contributed by atoms with van der Waals surface area (Å²) in [6.45, 7) is 28.2. The molecule has 2 aromatic carbocycles. The van der Waals surface area contributed by atoms with Crippen LogP contribution in [0.25, 0.3) is 0 Å². The van der Waals surface area contributed by atoms with Crippen molar-refractivity contribution in [3.8, 4) is 5.88 Å². The maximum atomic E-state index is 14.5. The Morgan fingerprint density at radius 1 is 0.982 bits per heavy atom. The summed E-state index contributed by atoms with van der Waals surface area (Å²) in [5.74, 6) is -0.810. The summed E-state index contributed by atoms with van der Waals surface area (Å²) >= 11 is 0. The third kappa shape index (κ3) is 9.98. The molecule has 1 aliphatic heterocycles. The molecule has 0 radical (unpaired) electrons. The number of rotatable bonds is 16. The van der Waals surface area contributed by atoms with Crippen molar-refractivity contribution in [1.82, 2.24) is 9.55 Å². The summed E-state index contributed by atoms with van der Waals surface area (Å²) in [5, 5.41) is 12.0. The van der Waals surface area contributed by atoms with E-state index in [1.165, 1.54) is 16.8 Å². The number of nitro benzene ring substituents is 1. The molecule has 0 bridgehead atoms. The second kappa shape index (κ2) is 17.6. The van der Waals surface area contributed by atoms with Crippen molar-refractivity contribution in [2.45, 2.75) is 168 Å². The lowest BCUT2D eigenvalue weighted by Crippen LogP contribution is -2.45. The minimum absolute atomic E-state index is 0.0441. The third-order valence-corrected chi connectivity index (χ3v) is 17.0. The number of hydrogen-bond acceptors (Lipinski definition) is 10. The van der Waals surface area contributed by atoms with Gasteiger partial charge in [-0.1, -0.05) is 107 Å². The van der Waals surface area contributed by atoms with Gasteiger partial charge in [-0.3, -0.25) is 14.7 Å². The van der Waals surface area contributed by atoms with Gasteiger partial charge in [0.2, 0.25) is 5.88 Å². The van der Waals surface area contributed by atoms with Gasteiger partial charge in [0, 0.05) is 18.7 Å². The smallest absolute Gasteiger partial charge is 0.353 e. The molecule has 0 N–H and O–H groups in total. The van der Waals surface area contributed by atoms with Crippen molar-refractivity contribution < 1.29 is 31.4 Å². The van der Waals surface area contributed by atoms with Gasteiger partial charge >= 0.3 is 15.8 Å². The zero-order valence-corrected chi connectivity index (χ0v) is 37.5. The fourth-order valence-electron chi connectivity index (χ4n) is 6.82. The first-order valence-corrected chi connectivity index (χ1v) is 24.1. The molecular weight excluding hydrogens is 751 g/mol. The second-order valence-corrected chi connectivity index (χ2v) is 24.0. The van der Waals surface area contributed by atoms with E-state index in [4.69, 9.17) is 18.1 Å². The van der Waals surface area contributed by atoms with Crippen molar-refractivity contribution in [3.05, 3.63) is 91.0 Å². The van der Waals surface area contributed by atoms with Crippen LogP contribution >= 0.6 is 0 Å². The first kappa shape index (κ1) is 45.3. The van der Waals surface area contributed by atoms with Crippen molar-refractivity contribution in [2.75, 3.05) is 0 Å². The molecule has 2 heterocycles. The predicted octanol–water partition coefficient (Wildman–Crippen LogP) is 10.3. The van der Waals surface area contributed by atoms with Gasteiger partial charge in [-0.15, -0.1) is 0 Å². The molecule has 0 spiro atoms. The summed E-state index contributed by atoms with van der Waals surface area (Å²) in [7, 11) is -6.77. The van der Waals surface area contributed by atoms with Crippen LogP contribution in [0.2, 0.25) is 18.1 Å². The monoisotopic (exact) mass is 813 g/mol. The normalized spacial score (nSPS) is 18.7. The Labute approximate surface area is 334 Å². The summed E-state index contributed by atoms with van der Waals surface area (Å²) in [4.78, 5) is 29.8. The van der Waals surface area contributed by atoms with Gasteiger partial charge in [0.15, 0.2) is 8.32 Å². The number of benzene rings is 2. The van der Waals surface area contributed by atoms with Crippen LogP contribution in [0.1, 0.15) is 154 Å². The highest BCUT2D eigenvalue weighted by molar-refractivity contribution is 7.87. The van der Waals surface area contributed by atoms with Gasteiger partial charge in [-0.25, -0.2) is 4.79 Å². The van der Waals surface area contributed by atoms with E-state index in [1.54, 1.807) is 18.2 Å². The molecule has 12 nitrogen and oxygen atoms in total. The van der Waals surface area contributed by atoms with Gasteiger partial charge in [0.05, 0.1) is 41.0 Å². The first-order valence-electron chi connectivity index (χ1n) is 19.8. The van der Waals surface area contributed by atoms with Crippen molar-refractivity contribution in [3.63, 3.8) is 0 Å². The summed E-state index contributed by atoms with van der Waals surface area (Å²) in [6, 6.07) is 10.2. The molecule has 56 heavy (non-hydrogen) atoms. The van der Waals surface area contributed by atoms with E-state index < -0.39 is 47.3 Å². The first-order chi connectivity index (χ1) is 25.9. The molecule has 1 aliphatic rings. The van der Waals surface area contributed by atoms with E-state index in [-0.39, 0.29) is 63.7 Å². The molecule has 3 aromatic rings. The van der Waals surface area contributed by atoms with Crippen LogP contribution in [-0.4, -0.2) is 43.4 Å². The number of aromatic nitrogens is 2. The summed E-state index contributed by atoms with van der Waals surface area (Å²) < 4.78 is 56.0. The Morgan fingerprint density at radius 3 is 2.07 bits per heavy atom. The molecule has 1 fully saturated rings. The average molecular weight is 814 g/mol. The minimum atomic E-state index is -4.56. The number of para-hydroxylation sites is 1. The largest absolute Gasteiger partial charge is 0.411 e. The Morgan fingerprint density at radius 2 is 1.57 bits per heavy atom. The molecule has 0 aliphatic carbocycles. The lowest BCUT2D eigenvalue weighted by molar-refractivity contribution is -0.386. The highest BCUT2D eigenvalue weighted by atomic mass is 32.2. The SMILES string of the molecule is CC[C@H]1O[C@@H](n2cc(CO[C@H](c3ccccc3[N+](=O)[O-])C(C)C)c(OS(=O)(=O)c3c(C(C)C)cc(C(C)C)cc3C(C)C)nc2=O)CC1O[Si](C)(C)C(C)(C)C. The number of nitrogens with zero attached hydrogens (tertiary/aromatic N) is 3. The number of ether oxygens (including phenoxy) is 2. The van der Waals surface area contributed by atoms with E-state index >= 15 is 0 Å². The van der Waals surface area contributed by atoms with E-state index in [2.05, 4.69) is 52.7 Å². The molecule has 0 saturated carbocycles. The Balaban J connectivity index is 1.86. The molecule has 4 rings (SSSR count). The van der Waals surface area contributed by atoms with Crippen LogP contribution in [0.5, 0.6) is 5.88 Å². The second-order valence-electron chi connectivity index (χ2n) is 17.8. The van der Waals surface area contributed by atoms with Crippen LogP contribution in [-0.2, 0) is 30.6 Å². The lowest BCUT2D eigenvalue weighted by atomic mass is 9.89. The highest BCUT2D eigenvalue weighted by Gasteiger charge is 2.45. The predicted molar refractivity (Wildman–Crippen MR) is 221 cm³/mol. The topological polar surface area (TPSA) is 149 Å². The summed E-state index contributed by atoms with van der Waals surface area (Å²) in [6.07, 6.45) is 0.462. The van der Waals surface area contributed by atoms with E-state index in [1.807, 2.05) is 60.6 Å². The van der Waals surface area contributed by atoms with E-state index in [0.29, 0.717) is 29.5 Å². The van der Waals surface area contributed by atoms with Gasteiger partial charge in [-0.05, 0) is 71.0 Å². The van der Waals surface area contributed by atoms with Crippen molar-refractivity contribution in [1.29, 1.82) is 0 Å². The maximum Gasteiger partial charge on any atom is 0.353 e. The van der Waals surface area contributed by atoms with Crippen LogP contribution in [0.3, 0.4) is 0 Å². The molecule has 1 saturated heterocycles. The fraction of sp³-hybridized carbons (Fsp3) is 0.619. The van der Waals surface area contributed by atoms with Gasteiger partial charge < -0.3 is 18.1 Å². The standard InChI is InChI=1S/C42H63N3O9SSi/c1-15-35-36(54-56(13,14)42(10,11)12)22-37(52-35)44-23-30(24-51-38(28(8)9)31-18-16-17-19-34(31)45(47)48)40(43-41(44)46)53-55(49,50)39-32(26(4)5)20-29(25(2)3)21-33(39)27(6)7/h16-21,23,25-28,35-38H,15,22,24H2,1-14H3/t35-,36?,37-,38+/m1/s1. The van der Waals surface area contributed by atoms with Crippen LogP contribution < -0.4 is 9.87 Å². The molecule has 1 aromatic heterocycles. The molecule has 14 heteroatoms.